The highest BCUT2D eigenvalue weighted by atomic mass is 35.5. The fourth-order valence-corrected chi connectivity index (χ4v) is 2.02. The standard InChI is InChI=1S/C12H14N4O.ClH/c17-16-7-5-15(6-8-16)12-9-13-10-3-1-2-4-11(10)14-12;/h1-4,9,17H,5-8H2;1H. The number of hydroxylamine groups is 2. The van der Waals surface area contributed by atoms with Gasteiger partial charge in [-0.05, 0) is 12.1 Å². The van der Waals surface area contributed by atoms with E-state index in [4.69, 9.17) is 0 Å². The van der Waals surface area contributed by atoms with Crippen LogP contribution in [0.1, 0.15) is 0 Å². The van der Waals surface area contributed by atoms with Crippen LogP contribution in [-0.2, 0) is 0 Å². The Bertz CT molecular complexity index is 528. The molecule has 18 heavy (non-hydrogen) atoms. The van der Waals surface area contributed by atoms with Gasteiger partial charge in [0.2, 0.25) is 0 Å². The van der Waals surface area contributed by atoms with Crippen molar-refractivity contribution in [3.05, 3.63) is 30.5 Å². The lowest BCUT2D eigenvalue weighted by Crippen LogP contribution is -2.45. The highest BCUT2D eigenvalue weighted by molar-refractivity contribution is 5.85. The van der Waals surface area contributed by atoms with Crippen LogP contribution in [0.25, 0.3) is 11.0 Å². The van der Waals surface area contributed by atoms with Crippen LogP contribution in [0.5, 0.6) is 0 Å². The van der Waals surface area contributed by atoms with Crippen molar-refractivity contribution in [1.82, 2.24) is 15.0 Å². The van der Waals surface area contributed by atoms with Crippen molar-refractivity contribution in [1.29, 1.82) is 0 Å². The maximum atomic E-state index is 9.32. The van der Waals surface area contributed by atoms with Crippen molar-refractivity contribution in [2.24, 2.45) is 0 Å². The molecule has 1 N–H and O–H groups in total. The summed E-state index contributed by atoms with van der Waals surface area (Å²) in [6.07, 6.45) is 1.80. The first-order valence-electron chi connectivity index (χ1n) is 5.73. The summed E-state index contributed by atoms with van der Waals surface area (Å²) in [5, 5.41) is 10.7. The lowest BCUT2D eigenvalue weighted by Gasteiger charge is -2.31. The number of benzene rings is 1. The first-order valence-corrected chi connectivity index (χ1v) is 5.73. The summed E-state index contributed by atoms with van der Waals surface area (Å²) in [5.41, 5.74) is 1.83. The molecule has 96 valence electrons. The van der Waals surface area contributed by atoms with E-state index in [1.165, 1.54) is 5.06 Å². The largest absolute Gasteiger partial charge is 0.353 e. The summed E-state index contributed by atoms with van der Waals surface area (Å²) in [4.78, 5) is 11.1. The molecule has 1 aliphatic rings. The number of fused-ring (bicyclic) bond motifs is 1. The maximum Gasteiger partial charge on any atom is 0.147 e. The van der Waals surface area contributed by atoms with Crippen LogP contribution in [0.3, 0.4) is 0 Å². The molecule has 0 radical (unpaired) electrons. The van der Waals surface area contributed by atoms with Crippen LogP contribution in [-0.4, -0.2) is 46.4 Å². The molecule has 1 aliphatic heterocycles. The molecule has 5 nitrogen and oxygen atoms in total. The zero-order chi connectivity index (χ0) is 11.7. The molecule has 1 aromatic carbocycles. The fraction of sp³-hybridized carbons (Fsp3) is 0.333. The van der Waals surface area contributed by atoms with Gasteiger partial charge >= 0.3 is 0 Å². The third-order valence-corrected chi connectivity index (χ3v) is 3.02. The number of halogens is 1. The van der Waals surface area contributed by atoms with Crippen molar-refractivity contribution < 1.29 is 5.21 Å². The van der Waals surface area contributed by atoms with Crippen molar-refractivity contribution >= 4 is 29.3 Å². The summed E-state index contributed by atoms with van der Waals surface area (Å²) >= 11 is 0. The molecular formula is C12H15ClN4O. The number of piperazine rings is 1. The van der Waals surface area contributed by atoms with E-state index in [0.29, 0.717) is 13.1 Å². The van der Waals surface area contributed by atoms with E-state index in [0.717, 1.165) is 29.9 Å². The predicted octanol–water partition coefficient (Wildman–Crippen LogP) is 1.56. The molecule has 6 heteroatoms. The van der Waals surface area contributed by atoms with Crippen LogP contribution in [0.4, 0.5) is 5.82 Å². The molecule has 1 aromatic heterocycles. The molecule has 0 bridgehead atoms. The van der Waals surface area contributed by atoms with E-state index in [2.05, 4.69) is 14.9 Å². The van der Waals surface area contributed by atoms with E-state index in [1.807, 2.05) is 24.3 Å². The van der Waals surface area contributed by atoms with Crippen LogP contribution in [0, 0.1) is 0 Å². The number of rotatable bonds is 1. The van der Waals surface area contributed by atoms with Crippen LogP contribution in [0.2, 0.25) is 0 Å². The van der Waals surface area contributed by atoms with E-state index < -0.39 is 0 Å². The van der Waals surface area contributed by atoms with Gasteiger partial charge in [-0.25, -0.2) is 4.98 Å². The van der Waals surface area contributed by atoms with Crippen LogP contribution >= 0.6 is 12.4 Å². The summed E-state index contributed by atoms with van der Waals surface area (Å²) in [6.45, 7) is 2.86. The molecule has 3 rings (SSSR count). The van der Waals surface area contributed by atoms with Gasteiger partial charge in [-0.2, -0.15) is 5.06 Å². The summed E-state index contributed by atoms with van der Waals surface area (Å²) in [6, 6.07) is 7.85. The molecular weight excluding hydrogens is 252 g/mol. The van der Waals surface area contributed by atoms with Crippen LogP contribution < -0.4 is 4.90 Å². The lowest BCUT2D eigenvalue weighted by atomic mass is 10.3. The molecule has 0 atom stereocenters. The summed E-state index contributed by atoms with van der Waals surface area (Å²) in [5.74, 6) is 0.886. The Kier molecular flexibility index (Phi) is 3.96. The van der Waals surface area contributed by atoms with Gasteiger partial charge in [0, 0.05) is 26.2 Å². The van der Waals surface area contributed by atoms with E-state index in [9.17, 15) is 5.21 Å². The molecule has 2 aromatic rings. The van der Waals surface area contributed by atoms with E-state index in [-0.39, 0.29) is 12.4 Å². The second-order valence-electron chi connectivity index (χ2n) is 4.16. The number of hydrogen-bond acceptors (Lipinski definition) is 5. The Morgan fingerprint density at radius 2 is 1.67 bits per heavy atom. The van der Waals surface area contributed by atoms with Crippen molar-refractivity contribution in [3.8, 4) is 0 Å². The minimum atomic E-state index is 0. The molecule has 0 saturated carbocycles. The van der Waals surface area contributed by atoms with Crippen molar-refractivity contribution in [2.45, 2.75) is 0 Å². The number of anilines is 1. The molecule has 0 amide bonds. The summed E-state index contributed by atoms with van der Waals surface area (Å²) < 4.78 is 0. The van der Waals surface area contributed by atoms with Gasteiger partial charge in [-0.1, -0.05) is 12.1 Å². The first kappa shape index (κ1) is 13.0. The number of para-hydroxylation sites is 2. The summed E-state index contributed by atoms with van der Waals surface area (Å²) in [7, 11) is 0. The topological polar surface area (TPSA) is 52.5 Å². The molecule has 0 unspecified atom stereocenters. The Labute approximate surface area is 111 Å². The highest BCUT2D eigenvalue weighted by Crippen LogP contribution is 2.16. The van der Waals surface area contributed by atoms with Gasteiger partial charge in [0.05, 0.1) is 17.2 Å². The van der Waals surface area contributed by atoms with Gasteiger partial charge in [-0.3, -0.25) is 4.98 Å². The Hall–Kier alpha value is -1.43. The average Bonchev–Trinajstić information content (AvgIpc) is 2.39. The fourth-order valence-electron chi connectivity index (χ4n) is 2.02. The zero-order valence-corrected chi connectivity index (χ0v) is 10.7. The van der Waals surface area contributed by atoms with Gasteiger partial charge in [0.25, 0.3) is 0 Å². The second kappa shape index (κ2) is 5.48. The van der Waals surface area contributed by atoms with Gasteiger partial charge in [0.15, 0.2) is 0 Å². The Morgan fingerprint density at radius 1 is 1.00 bits per heavy atom. The predicted molar refractivity (Wildman–Crippen MR) is 72.4 cm³/mol. The zero-order valence-electron chi connectivity index (χ0n) is 9.86. The first-order chi connectivity index (χ1) is 8.33. The second-order valence-corrected chi connectivity index (χ2v) is 4.16. The minimum absolute atomic E-state index is 0. The molecule has 0 spiro atoms. The number of nitrogens with zero attached hydrogens (tertiary/aromatic N) is 4. The minimum Gasteiger partial charge on any atom is -0.353 e. The maximum absolute atomic E-state index is 9.32. The average molecular weight is 267 g/mol. The highest BCUT2D eigenvalue weighted by Gasteiger charge is 2.16. The third kappa shape index (κ3) is 2.53. The molecule has 0 aliphatic carbocycles. The SMILES string of the molecule is Cl.ON1CCN(c2cnc3ccccc3n2)CC1. The van der Waals surface area contributed by atoms with E-state index in [1.54, 1.807) is 6.20 Å². The van der Waals surface area contributed by atoms with E-state index >= 15 is 0 Å². The number of aromatic nitrogens is 2. The van der Waals surface area contributed by atoms with Crippen molar-refractivity contribution in [2.75, 3.05) is 31.1 Å². The van der Waals surface area contributed by atoms with Crippen LogP contribution in [0.15, 0.2) is 30.5 Å². The molecule has 1 fully saturated rings. The Morgan fingerprint density at radius 3 is 2.39 bits per heavy atom. The van der Waals surface area contributed by atoms with Gasteiger partial charge < -0.3 is 10.1 Å². The van der Waals surface area contributed by atoms with Crippen molar-refractivity contribution in [3.63, 3.8) is 0 Å². The smallest absolute Gasteiger partial charge is 0.147 e. The third-order valence-electron chi connectivity index (χ3n) is 3.02. The molecule has 1 saturated heterocycles. The van der Waals surface area contributed by atoms with Gasteiger partial charge in [-0.15, -0.1) is 12.4 Å². The monoisotopic (exact) mass is 266 g/mol. The lowest BCUT2D eigenvalue weighted by molar-refractivity contribution is -0.0936. The normalized spacial score (nSPS) is 16.6. The Balaban J connectivity index is 0.00000120. The molecule has 2 heterocycles. The quantitative estimate of drug-likeness (QED) is 0.849. The van der Waals surface area contributed by atoms with Gasteiger partial charge in [0.1, 0.15) is 5.82 Å². The number of hydrogen-bond donors (Lipinski definition) is 1.